The summed E-state index contributed by atoms with van der Waals surface area (Å²) in [6.07, 6.45) is 0. The fraction of sp³-hybridized carbons (Fsp3) is 0. The van der Waals surface area contributed by atoms with Crippen LogP contribution in [0.2, 0.25) is 0 Å². The van der Waals surface area contributed by atoms with Gasteiger partial charge < -0.3 is 4.57 Å². The summed E-state index contributed by atoms with van der Waals surface area (Å²) in [5.74, 6) is 1.76. The van der Waals surface area contributed by atoms with Crippen LogP contribution in [0, 0.1) is 0 Å². The maximum Gasteiger partial charge on any atom is 0.238 e. The summed E-state index contributed by atoms with van der Waals surface area (Å²) in [6.45, 7) is 0. The van der Waals surface area contributed by atoms with Crippen molar-refractivity contribution in [1.82, 2.24) is 24.1 Å². The van der Waals surface area contributed by atoms with Crippen LogP contribution in [-0.2, 0) is 0 Å². The molecule has 0 fully saturated rings. The number of benzene rings is 9. The Kier molecular flexibility index (Phi) is 8.42. The van der Waals surface area contributed by atoms with Gasteiger partial charge in [-0.05, 0) is 57.6 Å². The third kappa shape index (κ3) is 5.98. The molecule has 0 saturated heterocycles. The van der Waals surface area contributed by atoms with Gasteiger partial charge >= 0.3 is 0 Å². The molecule has 5 nitrogen and oxygen atoms in total. The highest BCUT2D eigenvalue weighted by atomic mass is 15.2. The van der Waals surface area contributed by atoms with Crippen LogP contribution in [0.5, 0.6) is 0 Å². The van der Waals surface area contributed by atoms with Gasteiger partial charge in [0.15, 0.2) is 11.6 Å². The summed E-state index contributed by atoms with van der Waals surface area (Å²) in [5.41, 5.74) is 14.0. The molecule has 0 aliphatic rings. The number of nitrogens with zero attached hydrogens (tertiary/aromatic N) is 5. The maximum atomic E-state index is 5.43. The fourth-order valence-electron chi connectivity index (χ4n) is 9.02. The molecule has 0 radical (unpaired) electrons. The first kappa shape index (κ1) is 35.5. The smallest absolute Gasteiger partial charge is 0.238 e. The van der Waals surface area contributed by atoms with Crippen LogP contribution in [0.1, 0.15) is 0 Å². The topological polar surface area (TPSA) is 48.5 Å². The molecule has 0 aliphatic carbocycles. The molecule has 0 aliphatic heterocycles. The SMILES string of the molecule is c1ccc(-c2ccc(-c3nc(-c4ccccc4)nc(-n4c5cc(-c6ccccc6)ccc5c5ccc6c7ccc(-c8ccccc8)cc7n(-c7ccccc7)c6c54)n3)cc2)cc1. The Morgan fingerprint density at radius 2 is 0.597 bits per heavy atom. The fourth-order valence-corrected chi connectivity index (χ4v) is 9.02. The summed E-state index contributed by atoms with van der Waals surface area (Å²) in [5, 5.41) is 4.56. The van der Waals surface area contributed by atoms with Crippen LogP contribution in [0.15, 0.2) is 224 Å². The molecular formula is C57H37N5. The molecule has 0 spiro atoms. The molecule has 12 rings (SSSR count). The number of aromatic nitrogens is 5. The quantitative estimate of drug-likeness (QED) is 0.162. The van der Waals surface area contributed by atoms with Crippen molar-refractivity contribution in [2.75, 3.05) is 0 Å². The van der Waals surface area contributed by atoms with Crippen molar-refractivity contribution in [3.05, 3.63) is 224 Å². The highest BCUT2D eigenvalue weighted by molar-refractivity contribution is 6.24. The van der Waals surface area contributed by atoms with Crippen molar-refractivity contribution in [2.45, 2.75) is 0 Å². The lowest BCUT2D eigenvalue weighted by Gasteiger charge is -2.14. The molecular weight excluding hydrogens is 755 g/mol. The Morgan fingerprint density at radius 1 is 0.258 bits per heavy atom. The normalized spacial score (nSPS) is 11.5. The second-order valence-corrected chi connectivity index (χ2v) is 15.7. The largest absolute Gasteiger partial charge is 0.307 e. The molecule has 290 valence electrons. The highest BCUT2D eigenvalue weighted by Crippen LogP contribution is 2.43. The van der Waals surface area contributed by atoms with E-state index in [0.29, 0.717) is 17.6 Å². The van der Waals surface area contributed by atoms with Crippen molar-refractivity contribution in [1.29, 1.82) is 0 Å². The predicted molar refractivity (Wildman–Crippen MR) is 256 cm³/mol. The third-order valence-corrected chi connectivity index (χ3v) is 12.0. The van der Waals surface area contributed by atoms with E-state index in [0.717, 1.165) is 82.9 Å². The molecule has 62 heavy (non-hydrogen) atoms. The van der Waals surface area contributed by atoms with E-state index in [4.69, 9.17) is 15.0 Å². The molecule has 3 heterocycles. The van der Waals surface area contributed by atoms with Crippen LogP contribution < -0.4 is 0 Å². The Bertz CT molecular complexity index is 3580. The minimum Gasteiger partial charge on any atom is -0.307 e. The number of para-hydroxylation sites is 1. The first-order valence-corrected chi connectivity index (χ1v) is 20.9. The zero-order valence-electron chi connectivity index (χ0n) is 33.6. The van der Waals surface area contributed by atoms with Gasteiger partial charge in [-0.3, -0.25) is 4.57 Å². The van der Waals surface area contributed by atoms with E-state index in [1.54, 1.807) is 0 Å². The van der Waals surface area contributed by atoms with Crippen molar-refractivity contribution in [2.24, 2.45) is 0 Å². The first-order chi connectivity index (χ1) is 30.7. The Labute approximate surface area is 358 Å². The van der Waals surface area contributed by atoms with Gasteiger partial charge in [0.25, 0.3) is 0 Å². The second kappa shape index (κ2) is 14.7. The van der Waals surface area contributed by atoms with Crippen molar-refractivity contribution in [3.63, 3.8) is 0 Å². The maximum absolute atomic E-state index is 5.43. The van der Waals surface area contributed by atoms with Crippen LogP contribution in [-0.4, -0.2) is 24.1 Å². The minimum atomic E-state index is 0.550. The molecule has 3 aromatic heterocycles. The van der Waals surface area contributed by atoms with Crippen LogP contribution >= 0.6 is 0 Å². The minimum absolute atomic E-state index is 0.550. The summed E-state index contributed by atoms with van der Waals surface area (Å²) in [4.78, 5) is 16.0. The summed E-state index contributed by atoms with van der Waals surface area (Å²) < 4.78 is 4.71. The van der Waals surface area contributed by atoms with Gasteiger partial charge in [0, 0.05) is 38.4 Å². The monoisotopic (exact) mass is 791 g/mol. The van der Waals surface area contributed by atoms with Crippen molar-refractivity contribution >= 4 is 43.6 Å². The van der Waals surface area contributed by atoms with E-state index < -0.39 is 0 Å². The van der Waals surface area contributed by atoms with Crippen LogP contribution in [0.25, 0.3) is 111 Å². The molecule has 0 atom stereocenters. The Hall–Kier alpha value is -8.41. The van der Waals surface area contributed by atoms with Crippen LogP contribution in [0.4, 0.5) is 0 Å². The molecule has 0 saturated carbocycles. The predicted octanol–water partition coefficient (Wildman–Crippen LogP) is 14.4. The number of hydrogen-bond donors (Lipinski definition) is 0. The van der Waals surface area contributed by atoms with Crippen LogP contribution in [0.3, 0.4) is 0 Å². The van der Waals surface area contributed by atoms with E-state index >= 15 is 0 Å². The molecule has 5 heteroatoms. The number of rotatable bonds is 7. The summed E-state index contributed by atoms with van der Waals surface area (Å²) >= 11 is 0. The first-order valence-electron chi connectivity index (χ1n) is 20.9. The highest BCUT2D eigenvalue weighted by Gasteiger charge is 2.24. The Morgan fingerprint density at radius 3 is 1.10 bits per heavy atom. The van der Waals surface area contributed by atoms with E-state index in [1.807, 2.05) is 24.3 Å². The lowest BCUT2D eigenvalue weighted by Crippen LogP contribution is -2.07. The number of fused-ring (bicyclic) bond motifs is 7. The standard InChI is InChI=1S/C57H37N5/c1-6-16-38(17-7-1)41-26-28-43(29-27-41)56-58-55(42-22-12-4-13-23-42)59-57(60-56)62-52-37-45(40-20-10-3-11-21-40)31-33-48(52)50-35-34-49-47-32-30-44(39-18-8-2-9-19-39)36-51(47)61(53(49)54(50)62)46-24-14-5-15-25-46/h1-37H. The summed E-state index contributed by atoms with van der Waals surface area (Å²) in [7, 11) is 0. The van der Waals surface area contributed by atoms with E-state index in [-0.39, 0.29) is 0 Å². The van der Waals surface area contributed by atoms with Crippen molar-refractivity contribution < 1.29 is 0 Å². The molecule has 0 unspecified atom stereocenters. The average molecular weight is 792 g/mol. The van der Waals surface area contributed by atoms with Gasteiger partial charge in [-0.15, -0.1) is 0 Å². The lowest BCUT2D eigenvalue weighted by atomic mass is 10.0. The summed E-state index contributed by atoms with van der Waals surface area (Å²) in [6, 6.07) is 79.3. The molecule has 0 bridgehead atoms. The Balaban J connectivity index is 1.20. The van der Waals surface area contributed by atoms with Gasteiger partial charge in [0.1, 0.15) is 0 Å². The average Bonchev–Trinajstić information content (AvgIpc) is 3.87. The molecule has 0 amide bonds. The zero-order valence-corrected chi connectivity index (χ0v) is 33.6. The van der Waals surface area contributed by atoms with Gasteiger partial charge in [-0.2, -0.15) is 9.97 Å². The number of hydrogen-bond acceptors (Lipinski definition) is 3. The van der Waals surface area contributed by atoms with Gasteiger partial charge in [0.05, 0.1) is 22.1 Å². The van der Waals surface area contributed by atoms with Gasteiger partial charge in [0.2, 0.25) is 5.95 Å². The van der Waals surface area contributed by atoms with Gasteiger partial charge in [-0.1, -0.05) is 200 Å². The van der Waals surface area contributed by atoms with E-state index in [1.165, 1.54) is 10.9 Å². The molecule has 12 aromatic rings. The molecule has 0 N–H and O–H groups in total. The zero-order chi connectivity index (χ0) is 41.0. The van der Waals surface area contributed by atoms with Gasteiger partial charge in [-0.25, -0.2) is 4.98 Å². The van der Waals surface area contributed by atoms with E-state index in [2.05, 4.69) is 209 Å². The van der Waals surface area contributed by atoms with Crippen molar-refractivity contribution in [3.8, 4) is 67.8 Å². The molecule has 9 aromatic carbocycles. The second-order valence-electron chi connectivity index (χ2n) is 15.7. The lowest BCUT2D eigenvalue weighted by molar-refractivity contribution is 0.953. The third-order valence-electron chi connectivity index (χ3n) is 12.0. The van der Waals surface area contributed by atoms with E-state index in [9.17, 15) is 0 Å².